The summed E-state index contributed by atoms with van der Waals surface area (Å²) in [5.41, 5.74) is 1.54. The first-order chi connectivity index (χ1) is 18.0. The van der Waals surface area contributed by atoms with Gasteiger partial charge < -0.3 is 14.6 Å². The minimum atomic E-state index is -0.629. The van der Waals surface area contributed by atoms with Crippen molar-refractivity contribution in [3.05, 3.63) is 86.3 Å². The van der Waals surface area contributed by atoms with E-state index in [1.165, 1.54) is 10.6 Å². The number of aromatic nitrogens is 1. The zero-order chi connectivity index (χ0) is 27.6. The van der Waals surface area contributed by atoms with Crippen LogP contribution in [-0.2, 0) is 22.5 Å². The molecule has 0 aliphatic heterocycles. The van der Waals surface area contributed by atoms with E-state index in [9.17, 15) is 24.4 Å². The zero-order valence-corrected chi connectivity index (χ0v) is 22.0. The van der Waals surface area contributed by atoms with Crippen LogP contribution in [0.3, 0.4) is 0 Å². The minimum Gasteiger partial charge on any atom is -0.456 e. The molecule has 0 bridgehead atoms. The third-order valence-corrected chi connectivity index (χ3v) is 6.25. The van der Waals surface area contributed by atoms with Gasteiger partial charge in [-0.25, -0.2) is 4.79 Å². The lowest BCUT2D eigenvalue weighted by atomic mass is 9.86. The lowest BCUT2D eigenvalue weighted by Gasteiger charge is -2.23. The third kappa shape index (κ3) is 5.84. The first-order valence-corrected chi connectivity index (χ1v) is 12.5. The number of fused-ring (bicyclic) bond motifs is 1. The monoisotopic (exact) mass is 531 g/mol. The van der Waals surface area contributed by atoms with Gasteiger partial charge in [0.15, 0.2) is 5.78 Å². The third-order valence-electron chi connectivity index (χ3n) is 6.01. The van der Waals surface area contributed by atoms with Crippen molar-refractivity contribution in [2.24, 2.45) is 0 Å². The number of ether oxygens (including phenoxy) is 1. The Kier molecular flexibility index (Phi) is 7.51. The fraction of sp³-hybridized carbons (Fsp3) is 0.276. The second kappa shape index (κ2) is 10.6. The summed E-state index contributed by atoms with van der Waals surface area (Å²) in [7, 11) is 0. The van der Waals surface area contributed by atoms with Gasteiger partial charge in [-0.15, -0.1) is 0 Å². The second-order valence-electron chi connectivity index (χ2n) is 10.0. The van der Waals surface area contributed by atoms with Crippen LogP contribution in [0.15, 0.2) is 53.3 Å². The molecule has 8 nitrogen and oxygen atoms in total. The predicted molar refractivity (Wildman–Crippen MR) is 143 cm³/mol. The number of nitriles is 1. The minimum absolute atomic E-state index is 0.156. The van der Waals surface area contributed by atoms with Crippen LogP contribution in [0.4, 0.5) is 5.69 Å². The molecule has 0 spiro atoms. The van der Waals surface area contributed by atoms with Gasteiger partial charge in [0.2, 0.25) is 5.91 Å². The number of benzene rings is 2. The Hall–Kier alpha value is -4.22. The number of rotatable bonds is 5. The van der Waals surface area contributed by atoms with E-state index in [0.717, 1.165) is 0 Å². The summed E-state index contributed by atoms with van der Waals surface area (Å²) in [6.45, 7) is 5.02. The molecule has 9 heteroatoms. The topological polar surface area (TPSA) is 118 Å². The number of Topliss-reactive ketones (excluding diaryl/α,β-unsaturated/α-hetero) is 1. The Labute approximate surface area is 224 Å². The molecule has 0 saturated carbocycles. The first kappa shape index (κ1) is 26.8. The smallest absolute Gasteiger partial charge is 0.338 e. The van der Waals surface area contributed by atoms with Crippen molar-refractivity contribution < 1.29 is 19.1 Å². The van der Waals surface area contributed by atoms with E-state index < -0.39 is 23.0 Å². The molecule has 2 aromatic carbocycles. The van der Waals surface area contributed by atoms with Gasteiger partial charge in [-0.3, -0.25) is 14.4 Å². The molecule has 1 aliphatic carbocycles. The van der Waals surface area contributed by atoms with Crippen LogP contribution < -0.4 is 10.9 Å². The zero-order valence-electron chi connectivity index (χ0n) is 21.3. The SMILES string of the molecule is CC(C)(C)OC(=O)c1ccc(NC(=O)Cn2c3c(c(-c4cc(Cl)ccc4C#N)cc2=O)C(=O)CCC3)cc1. The highest BCUT2D eigenvalue weighted by atomic mass is 35.5. The Balaban J connectivity index is 1.63. The number of hydrogen-bond acceptors (Lipinski definition) is 6. The van der Waals surface area contributed by atoms with E-state index in [1.54, 1.807) is 63.2 Å². The van der Waals surface area contributed by atoms with Gasteiger partial charge in [0.25, 0.3) is 5.56 Å². The maximum Gasteiger partial charge on any atom is 0.338 e. The Morgan fingerprint density at radius 1 is 1.05 bits per heavy atom. The summed E-state index contributed by atoms with van der Waals surface area (Å²) in [5.74, 6) is -1.10. The molecule has 0 saturated heterocycles. The van der Waals surface area contributed by atoms with Crippen molar-refractivity contribution in [2.75, 3.05) is 5.32 Å². The lowest BCUT2D eigenvalue weighted by molar-refractivity contribution is -0.116. The van der Waals surface area contributed by atoms with Gasteiger partial charge in [0.1, 0.15) is 12.1 Å². The van der Waals surface area contributed by atoms with Crippen molar-refractivity contribution in [1.82, 2.24) is 4.57 Å². The van der Waals surface area contributed by atoms with Gasteiger partial charge in [0, 0.05) is 45.6 Å². The van der Waals surface area contributed by atoms with Gasteiger partial charge in [-0.1, -0.05) is 11.6 Å². The van der Waals surface area contributed by atoms with E-state index in [0.29, 0.717) is 63.5 Å². The normalized spacial score (nSPS) is 12.9. The number of nitrogens with one attached hydrogen (secondary N) is 1. The molecular weight excluding hydrogens is 506 g/mol. The number of nitrogens with zero attached hydrogens (tertiary/aromatic N) is 2. The molecule has 1 aromatic heterocycles. The quantitative estimate of drug-likeness (QED) is 0.455. The molecule has 0 atom stereocenters. The van der Waals surface area contributed by atoms with Crippen molar-refractivity contribution >= 4 is 34.9 Å². The molecule has 0 fully saturated rings. The summed E-state index contributed by atoms with van der Waals surface area (Å²) in [4.78, 5) is 51.3. The molecule has 1 N–H and O–H groups in total. The van der Waals surface area contributed by atoms with Crippen molar-refractivity contribution in [3.8, 4) is 17.2 Å². The summed E-state index contributed by atoms with van der Waals surface area (Å²) in [6.07, 6.45) is 1.28. The second-order valence-corrected chi connectivity index (χ2v) is 10.4. The van der Waals surface area contributed by atoms with Crippen LogP contribution in [0, 0.1) is 11.3 Å². The van der Waals surface area contributed by atoms with Crippen molar-refractivity contribution in [2.45, 2.75) is 52.2 Å². The van der Waals surface area contributed by atoms with E-state index >= 15 is 0 Å². The molecule has 1 amide bonds. The number of ketones is 1. The molecule has 38 heavy (non-hydrogen) atoms. The van der Waals surface area contributed by atoms with Crippen LogP contribution in [0.1, 0.15) is 65.6 Å². The van der Waals surface area contributed by atoms with E-state index in [2.05, 4.69) is 11.4 Å². The van der Waals surface area contributed by atoms with Gasteiger partial charge in [-0.05, 0) is 76.1 Å². The fourth-order valence-electron chi connectivity index (χ4n) is 4.40. The summed E-state index contributed by atoms with van der Waals surface area (Å²) >= 11 is 6.16. The maximum absolute atomic E-state index is 13.2. The van der Waals surface area contributed by atoms with Crippen molar-refractivity contribution in [1.29, 1.82) is 5.26 Å². The molecular formula is C29H26ClN3O5. The number of halogens is 1. The number of esters is 1. The number of hydrogen-bond donors (Lipinski definition) is 1. The Morgan fingerprint density at radius 3 is 2.42 bits per heavy atom. The largest absolute Gasteiger partial charge is 0.456 e. The lowest BCUT2D eigenvalue weighted by Crippen LogP contribution is -2.33. The highest BCUT2D eigenvalue weighted by Gasteiger charge is 2.27. The van der Waals surface area contributed by atoms with Crippen molar-refractivity contribution in [3.63, 3.8) is 0 Å². The summed E-state index contributed by atoms with van der Waals surface area (Å²) in [6, 6.07) is 14.3. The average molecular weight is 532 g/mol. The van der Waals surface area contributed by atoms with Gasteiger partial charge in [0.05, 0.1) is 17.2 Å². The number of amides is 1. The van der Waals surface area contributed by atoms with Gasteiger partial charge >= 0.3 is 5.97 Å². The molecule has 1 aliphatic rings. The molecule has 1 heterocycles. The predicted octanol–water partition coefficient (Wildman–Crippen LogP) is 5.15. The van der Waals surface area contributed by atoms with E-state index in [-0.39, 0.29) is 12.3 Å². The van der Waals surface area contributed by atoms with E-state index in [1.807, 2.05) is 0 Å². The molecule has 3 aromatic rings. The molecule has 0 unspecified atom stereocenters. The molecule has 4 rings (SSSR count). The number of carbonyl (C=O) groups excluding carboxylic acids is 3. The highest BCUT2D eigenvalue weighted by molar-refractivity contribution is 6.31. The fourth-order valence-corrected chi connectivity index (χ4v) is 4.57. The first-order valence-electron chi connectivity index (χ1n) is 12.1. The molecule has 194 valence electrons. The standard InChI is InChI=1S/C29H26ClN3O5/c1-29(2,3)38-28(37)17-8-11-20(12-9-17)32-25(35)16-33-23-5-4-6-24(34)27(23)22(14-26(33)36)21-13-19(30)10-7-18(21)15-31/h7-14H,4-6,16H2,1-3H3,(H,32,35). The van der Waals surface area contributed by atoms with Gasteiger partial charge in [-0.2, -0.15) is 5.26 Å². The summed E-state index contributed by atoms with van der Waals surface area (Å²) in [5, 5.41) is 12.7. The van der Waals surface area contributed by atoms with Crippen LogP contribution in [0.25, 0.3) is 11.1 Å². The maximum atomic E-state index is 13.2. The highest BCUT2D eigenvalue weighted by Crippen LogP contribution is 2.34. The van der Waals surface area contributed by atoms with Crippen LogP contribution in [0.2, 0.25) is 5.02 Å². The summed E-state index contributed by atoms with van der Waals surface area (Å²) < 4.78 is 6.65. The van der Waals surface area contributed by atoms with Crippen LogP contribution in [-0.4, -0.2) is 27.8 Å². The van der Waals surface area contributed by atoms with Crippen LogP contribution >= 0.6 is 11.6 Å². The number of carbonyl (C=O) groups is 3. The number of pyridine rings is 1. The molecule has 0 radical (unpaired) electrons. The number of anilines is 1. The average Bonchev–Trinajstić information content (AvgIpc) is 2.85. The van der Waals surface area contributed by atoms with E-state index in [4.69, 9.17) is 16.3 Å². The Morgan fingerprint density at radius 2 is 1.76 bits per heavy atom. The Bertz CT molecular complexity index is 1540. The van der Waals surface area contributed by atoms with Crippen LogP contribution in [0.5, 0.6) is 0 Å².